The molecule has 0 amide bonds. The zero-order valence-electron chi connectivity index (χ0n) is 28.2. The molecule has 0 N–H and O–H groups in total. The van der Waals surface area contributed by atoms with Crippen molar-refractivity contribution >= 4 is 65.2 Å². The van der Waals surface area contributed by atoms with Crippen molar-refractivity contribution in [2.24, 2.45) is 0 Å². The fourth-order valence-corrected chi connectivity index (χ4v) is 9.25. The van der Waals surface area contributed by atoms with E-state index in [1.165, 1.54) is 104 Å². The molecule has 0 atom stereocenters. The normalized spacial score (nSPS) is 12.2. The lowest BCUT2D eigenvalue weighted by Gasteiger charge is -2.13. The average Bonchev–Trinajstić information content (AvgIpc) is 3.85. The van der Waals surface area contributed by atoms with Gasteiger partial charge in [-0.2, -0.15) is 0 Å². The van der Waals surface area contributed by atoms with Crippen molar-refractivity contribution in [3.63, 3.8) is 0 Å². The summed E-state index contributed by atoms with van der Waals surface area (Å²) in [6.45, 7) is 0. The number of benzene rings is 9. The van der Waals surface area contributed by atoms with Crippen LogP contribution in [0, 0.1) is 0 Å². The highest BCUT2D eigenvalue weighted by molar-refractivity contribution is 6.30. The monoisotopic (exact) mass is 658 g/mol. The zero-order chi connectivity index (χ0) is 33.9. The first kappa shape index (κ1) is 27.9. The molecule has 9 aromatic carbocycles. The zero-order valence-corrected chi connectivity index (χ0v) is 28.2. The van der Waals surface area contributed by atoms with Crippen LogP contribution in [-0.2, 0) is 0 Å². The van der Waals surface area contributed by atoms with Crippen molar-refractivity contribution in [3.05, 3.63) is 182 Å². The number of aromatic nitrogens is 2. The summed E-state index contributed by atoms with van der Waals surface area (Å²) in [7, 11) is 0. The van der Waals surface area contributed by atoms with Crippen LogP contribution in [0.1, 0.15) is 0 Å². The first-order valence-electron chi connectivity index (χ1n) is 18.0. The standard InChI is InChI=1S/C50H30N2/c1-2-11-31(12-3-1)34-16-8-17-35(29-34)51-44-22-7-6-19-41(44)49-46(51)28-26-42-48-37-18-5-4-13-32(37)23-27-45(48)52(50(42)49)36-24-25-38-39-20-9-14-33-15-10-21-40(47(33)39)43(38)30-36/h1-30H. The van der Waals surface area contributed by atoms with Gasteiger partial charge in [-0.15, -0.1) is 0 Å². The molecule has 12 rings (SSSR count). The van der Waals surface area contributed by atoms with Gasteiger partial charge >= 0.3 is 0 Å². The molecular weight excluding hydrogens is 629 g/mol. The van der Waals surface area contributed by atoms with Crippen LogP contribution >= 0.6 is 0 Å². The molecule has 0 aliphatic heterocycles. The number of fused-ring (bicyclic) bond motifs is 12. The Morgan fingerprint density at radius 2 is 0.962 bits per heavy atom. The van der Waals surface area contributed by atoms with E-state index in [1.807, 2.05) is 0 Å². The molecule has 0 fully saturated rings. The van der Waals surface area contributed by atoms with Gasteiger partial charge in [0.15, 0.2) is 0 Å². The van der Waals surface area contributed by atoms with Crippen LogP contribution in [0.5, 0.6) is 0 Å². The highest BCUT2D eigenvalue weighted by Gasteiger charge is 2.25. The van der Waals surface area contributed by atoms with E-state index >= 15 is 0 Å². The maximum absolute atomic E-state index is 2.54. The van der Waals surface area contributed by atoms with Gasteiger partial charge in [0.1, 0.15) is 0 Å². The van der Waals surface area contributed by atoms with E-state index < -0.39 is 0 Å². The highest BCUT2D eigenvalue weighted by atomic mass is 15.0. The molecule has 0 radical (unpaired) electrons. The summed E-state index contributed by atoms with van der Waals surface area (Å²) in [5.41, 5.74) is 14.9. The van der Waals surface area contributed by atoms with Crippen LogP contribution in [0.15, 0.2) is 182 Å². The highest BCUT2D eigenvalue weighted by Crippen LogP contribution is 2.49. The third-order valence-electron chi connectivity index (χ3n) is 11.4. The van der Waals surface area contributed by atoms with E-state index in [0.29, 0.717) is 0 Å². The second-order valence-electron chi connectivity index (χ2n) is 14.1. The molecule has 240 valence electrons. The average molecular weight is 659 g/mol. The van der Waals surface area contributed by atoms with Crippen molar-refractivity contribution < 1.29 is 0 Å². The Kier molecular flexibility index (Phi) is 5.53. The molecule has 0 bridgehead atoms. The van der Waals surface area contributed by atoms with Gasteiger partial charge in [0.2, 0.25) is 0 Å². The van der Waals surface area contributed by atoms with Crippen molar-refractivity contribution in [3.8, 4) is 44.8 Å². The number of hydrogen-bond acceptors (Lipinski definition) is 0. The van der Waals surface area contributed by atoms with Gasteiger partial charge in [0, 0.05) is 32.9 Å². The third kappa shape index (κ3) is 3.68. The summed E-state index contributed by atoms with van der Waals surface area (Å²) >= 11 is 0. The predicted molar refractivity (Wildman–Crippen MR) is 220 cm³/mol. The maximum Gasteiger partial charge on any atom is 0.0641 e. The summed E-state index contributed by atoms with van der Waals surface area (Å²) in [5, 5.41) is 10.3. The molecule has 0 spiro atoms. The van der Waals surface area contributed by atoms with E-state index in [1.54, 1.807) is 0 Å². The number of nitrogens with zero attached hydrogens (tertiary/aromatic N) is 2. The first-order valence-corrected chi connectivity index (χ1v) is 18.0. The minimum absolute atomic E-state index is 1.16. The summed E-state index contributed by atoms with van der Waals surface area (Å²) < 4.78 is 5.00. The Morgan fingerprint density at radius 1 is 0.288 bits per heavy atom. The maximum atomic E-state index is 2.54. The Hall–Kier alpha value is -6.90. The molecule has 1 aliphatic rings. The molecule has 0 saturated carbocycles. The molecule has 11 aromatic rings. The minimum Gasteiger partial charge on any atom is -0.309 e. The minimum atomic E-state index is 1.16. The smallest absolute Gasteiger partial charge is 0.0641 e. The fraction of sp³-hybridized carbons (Fsp3) is 0. The molecule has 0 saturated heterocycles. The predicted octanol–water partition coefficient (Wildman–Crippen LogP) is 13.5. The number of hydrogen-bond donors (Lipinski definition) is 0. The van der Waals surface area contributed by atoms with Crippen LogP contribution < -0.4 is 0 Å². The lowest BCUT2D eigenvalue weighted by molar-refractivity contribution is 1.17. The van der Waals surface area contributed by atoms with E-state index in [0.717, 1.165) is 5.69 Å². The summed E-state index contributed by atoms with van der Waals surface area (Å²) in [6.07, 6.45) is 0. The van der Waals surface area contributed by atoms with E-state index in [9.17, 15) is 0 Å². The van der Waals surface area contributed by atoms with Crippen LogP contribution in [0.4, 0.5) is 0 Å². The first-order chi connectivity index (χ1) is 25.8. The van der Waals surface area contributed by atoms with E-state index in [-0.39, 0.29) is 0 Å². The van der Waals surface area contributed by atoms with Gasteiger partial charge in [-0.3, -0.25) is 0 Å². The fourth-order valence-electron chi connectivity index (χ4n) is 9.25. The summed E-state index contributed by atoms with van der Waals surface area (Å²) in [5.74, 6) is 0. The Bertz CT molecular complexity index is 3280. The van der Waals surface area contributed by atoms with Crippen LogP contribution in [0.3, 0.4) is 0 Å². The van der Waals surface area contributed by atoms with Crippen molar-refractivity contribution in [2.45, 2.75) is 0 Å². The second-order valence-corrected chi connectivity index (χ2v) is 14.1. The third-order valence-corrected chi connectivity index (χ3v) is 11.4. The Morgan fingerprint density at radius 3 is 1.85 bits per heavy atom. The molecule has 2 heterocycles. The van der Waals surface area contributed by atoms with Gasteiger partial charge in [-0.05, 0) is 97.4 Å². The van der Waals surface area contributed by atoms with Crippen LogP contribution in [-0.4, -0.2) is 9.13 Å². The molecule has 2 aromatic heterocycles. The largest absolute Gasteiger partial charge is 0.309 e. The number of rotatable bonds is 3. The van der Waals surface area contributed by atoms with Crippen molar-refractivity contribution in [2.75, 3.05) is 0 Å². The van der Waals surface area contributed by atoms with Crippen LogP contribution in [0.25, 0.3) is 110 Å². The van der Waals surface area contributed by atoms with Gasteiger partial charge in [0.05, 0.1) is 22.1 Å². The van der Waals surface area contributed by atoms with Gasteiger partial charge in [-0.1, -0.05) is 140 Å². The topological polar surface area (TPSA) is 9.86 Å². The second kappa shape index (κ2) is 10.3. The van der Waals surface area contributed by atoms with Gasteiger partial charge in [0.25, 0.3) is 0 Å². The molecular formula is C50H30N2. The molecule has 0 unspecified atom stereocenters. The summed E-state index contributed by atoms with van der Waals surface area (Å²) in [6, 6.07) is 67.2. The lowest BCUT2D eigenvalue weighted by atomic mass is 10.0. The summed E-state index contributed by atoms with van der Waals surface area (Å²) in [4.78, 5) is 0. The quantitative estimate of drug-likeness (QED) is 0.179. The van der Waals surface area contributed by atoms with Crippen LogP contribution in [0.2, 0.25) is 0 Å². The Balaban J connectivity index is 1.22. The van der Waals surface area contributed by atoms with E-state index in [2.05, 4.69) is 191 Å². The van der Waals surface area contributed by atoms with Crippen molar-refractivity contribution in [1.82, 2.24) is 9.13 Å². The lowest BCUT2D eigenvalue weighted by Crippen LogP contribution is -1.96. The Labute approximate surface area is 300 Å². The van der Waals surface area contributed by atoms with E-state index in [4.69, 9.17) is 0 Å². The van der Waals surface area contributed by atoms with Gasteiger partial charge < -0.3 is 9.13 Å². The molecule has 2 heteroatoms. The SMILES string of the molecule is c1ccc(-c2cccc(-n3c4ccccc4c4c3ccc3c5c6ccccc6ccc5n(-c5ccc6c(c5)-c5cccc7cccc-6c57)c34)c2)cc1. The number of para-hydroxylation sites is 1. The molecule has 52 heavy (non-hydrogen) atoms. The van der Waals surface area contributed by atoms with Gasteiger partial charge in [-0.25, -0.2) is 0 Å². The molecule has 2 nitrogen and oxygen atoms in total. The van der Waals surface area contributed by atoms with Crippen molar-refractivity contribution in [1.29, 1.82) is 0 Å². The molecule has 1 aliphatic carbocycles.